The predicted octanol–water partition coefficient (Wildman–Crippen LogP) is 2.86. The Balaban J connectivity index is 1.85. The third-order valence-corrected chi connectivity index (χ3v) is 6.29. The fourth-order valence-electron chi connectivity index (χ4n) is 3.64. The molecule has 1 saturated heterocycles. The highest BCUT2D eigenvalue weighted by Crippen LogP contribution is 2.44. The van der Waals surface area contributed by atoms with Crippen molar-refractivity contribution in [2.75, 3.05) is 18.1 Å². The molecule has 104 valence electrons. The lowest BCUT2D eigenvalue weighted by atomic mass is 9.79. The number of thioether (sulfide) groups is 1. The van der Waals surface area contributed by atoms with E-state index in [0.717, 1.165) is 19.6 Å². The Labute approximate surface area is 120 Å². The third-order valence-electron chi connectivity index (χ3n) is 4.56. The quantitative estimate of drug-likeness (QED) is 0.900. The molecule has 0 radical (unpaired) electrons. The number of nitrogens with zero attached hydrogens (tertiary/aromatic N) is 1. The number of benzene rings is 1. The van der Waals surface area contributed by atoms with Crippen LogP contribution in [0.2, 0.25) is 0 Å². The molecule has 0 aliphatic carbocycles. The Morgan fingerprint density at radius 1 is 1.16 bits per heavy atom. The zero-order valence-corrected chi connectivity index (χ0v) is 12.8. The normalized spacial score (nSPS) is 30.3. The van der Waals surface area contributed by atoms with Crippen molar-refractivity contribution in [3.8, 4) is 0 Å². The van der Waals surface area contributed by atoms with Gasteiger partial charge >= 0.3 is 0 Å². The molecule has 2 aliphatic rings. The van der Waals surface area contributed by atoms with Gasteiger partial charge in [-0.1, -0.05) is 38.1 Å². The summed E-state index contributed by atoms with van der Waals surface area (Å²) in [6.07, 6.45) is 1.22. The summed E-state index contributed by atoms with van der Waals surface area (Å²) in [4.78, 5) is 2.63. The SMILES string of the molecule is CC1(C)CSCC(CN)(N2Cc3ccccc3C2)C1. The first-order valence-electron chi connectivity index (χ1n) is 7.14. The van der Waals surface area contributed by atoms with E-state index in [-0.39, 0.29) is 5.54 Å². The van der Waals surface area contributed by atoms with Crippen LogP contribution >= 0.6 is 11.8 Å². The van der Waals surface area contributed by atoms with Crippen LogP contribution in [0.25, 0.3) is 0 Å². The fraction of sp³-hybridized carbons (Fsp3) is 0.625. The van der Waals surface area contributed by atoms with E-state index in [1.807, 2.05) is 0 Å². The first-order chi connectivity index (χ1) is 9.05. The van der Waals surface area contributed by atoms with E-state index in [0.29, 0.717) is 5.41 Å². The molecule has 0 saturated carbocycles. The topological polar surface area (TPSA) is 29.3 Å². The molecule has 1 unspecified atom stereocenters. The maximum Gasteiger partial charge on any atom is 0.0434 e. The summed E-state index contributed by atoms with van der Waals surface area (Å²) in [5.41, 5.74) is 9.78. The van der Waals surface area contributed by atoms with Gasteiger partial charge in [-0.15, -0.1) is 0 Å². The summed E-state index contributed by atoms with van der Waals surface area (Å²) >= 11 is 2.08. The summed E-state index contributed by atoms with van der Waals surface area (Å²) in [6, 6.07) is 8.83. The van der Waals surface area contributed by atoms with Crippen molar-refractivity contribution in [1.29, 1.82) is 0 Å². The highest BCUT2D eigenvalue weighted by molar-refractivity contribution is 7.99. The van der Waals surface area contributed by atoms with E-state index in [4.69, 9.17) is 5.73 Å². The molecule has 1 fully saturated rings. The maximum absolute atomic E-state index is 6.22. The van der Waals surface area contributed by atoms with Crippen molar-refractivity contribution >= 4 is 11.8 Å². The molecule has 19 heavy (non-hydrogen) atoms. The van der Waals surface area contributed by atoms with E-state index in [9.17, 15) is 0 Å². The molecule has 0 amide bonds. The van der Waals surface area contributed by atoms with Crippen molar-refractivity contribution in [2.45, 2.75) is 38.9 Å². The number of rotatable bonds is 2. The van der Waals surface area contributed by atoms with Crippen LogP contribution < -0.4 is 5.73 Å². The summed E-state index contributed by atoms with van der Waals surface area (Å²) in [5, 5.41) is 0. The number of nitrogens with two attached hydrogens (primary N) is 1. The van der Waals surface area contributed by atoms with Crippen LogP contribution in [0.5, 0.6) is 0 Å². The third kappa shape index (κ3) is 2.44. The van der Waals surface area contributed by atoms with E-state index in [1.54, 1.807) is 0 Å². The van der Waals surface area contributed by atoms with E-state index >= 15 is 0 Å². The second kappa shape index (κ2) is 4.80. The van der Waals surface area contributed by atoms with E-state index < -0.39 is 0 Å². The highest BCUT2D eigenvalue weighted by Gasteiger charge is 2.45. The Bertz CT molecular complexity index is 447. The minimum Gasteiger partial charge on any atom is -0.329 e. The standard InChI is InChI=1S/C16H24N2S/c1-15(2)9-16(10-17,12-19-11-15)18-7-13-5-3-4-6-14(13)8-18/h3-6H,7-12,17H2,1-2H3. The van der Waals surface area contributed by atoms with Crippen molar-refractivity contribution in [2.24, 2.45) is 11.1 Å². The summed E-state index contributed by atoms with van der Waals surface area (Å²) in [7, 11) is 0. The second-order valence-corrected chi connectivity index (χ2v) is 7.87. The Hall–Kier alpha value is -0.510. The van der Waals surface area contributed by atoms with Crippen LogP contribution in [0, 0.1) is 5.41 Å². The van der Waals surface area contributed by atoms with Gasteiger partial charge in [-0.05, 0) is 28.7 Å². The van der Waals surface area contributed by atoms with Gasteiger partial charge in [0.1, 0.15) is 0 Å². The molecule has 0 aromatic heterocycles. The van der Waals surface area contributed by atoms with Gasteiger partial charge in [0.2, 0.25) is 0 Å². The lowest BCUT2D eigenvalue weighted by Crippen LogP contribution is -2.58. The number of hydrogen-bond acceptors (Lipinski definition) is 3. The first-order valence-corrected chi connectivity index (χ1v) is 8.30. The first kappa shape index (κ1) is 13.5. The van der Waals surface area contributed by atoms with Crippen LogP contribution in [0.15, 0.2) is 24.3 Å². The molecule has 1 aromatic rings. The Morgan fingerprint density at radius 2 is 1.79 bits per heavy atom. The van der Waals surface area contributed by atoms with Gasteiger partial charge in [-0.25, -0.2) is 0 Å². The molecular formula is C16H24N2S. The maximum atomic E-state index is 6.22. The molecular weight excluding hydrogens is 252 g/mol. The van der Waals surface area contributed by atoms with Crippen molar-refractivity contribution in [3.05, 3.63) is 35.4 Å². The van der Waals surface area contributed by atoms with Gasteiger partial charge in [0.25, 0.3) is 0 Å². The Morgan fingerprint density at radius 3 is 2.32 bits per heavy atom. The minimum atomic E-state index is 0.186. The van der Waals surface area contributed by atoms with Crippen molar-refractivity contribution < 1.29 is 0 Å². The molecule has 2 heterocycles. The molecule has 0 spiro atoms. The van der Waals surface area contributed by atoms with Crippen LogP contribution in [0.3, 0.4) is 0 Å². The van der Waals surface area contributed by atoms with Gasteiger partial charge in [0, 0.05) is 30.9 Å². The lowest BCUT2D eigenvalue weighted by molar-refractivity contribution is 0.0657. The monoisotopic (exact) mass is 276 g/mol. The largest absolute Gasteiger partial charge is 0.329 e. The molecule has 0 bridgehead atoms. The summed E-state index contributed by atoms with van der Waals surface area (Å²) < 4.78 is 0. The van der Waals surface area contributed by atoms with Crippen molar-refractivity contribution in [3.63, 3.8) is 0 Å². The average molecular weight is 276 g/mol. The molecule has 3 rings (SSSR count). The smallest absolute Gasteiger partial charge is 0.0434 e. The molecule has 2 nitrogen and oxygen atoms in total. The molecule has 1 atom stereocenters. The number of fused-ring (bicyclic) bond motifs is 1. The number of hydrogen-bond donors (Lipinski definition) is 1. The second-order valence-electron chi connectivity index (χ2n) is 6.89. The molecule has 2 N–H and O–H groups in total. The zero-order valence-electron chi connectivity index (χ0n) is 12.0. The van der Waals surface area contributed by atoms with Crippen LogP contribution in [0.1, 0.15) is 31.4 Å². The van der Waals surface area contributed by atoms with Gasteiger partial charge in [0.15, 0.2) is 0 Å². The molecule has 1 aromatic carbocycles. The molecule has 2 aliphatic heterocycles. The van der Waals surface area contributed by atoms with Gasteiger partial charge in [-0.3, -0.25) is 4.90 Å². The van der Waals surface area contributed by atoms with Gasteiger partial charge in [0.05, 0.1) is 0 Å². The zero-order chi connectivity index (χ0) is 13.5. The fourth-order valence-corrected chi connectivity index (χ4v) is 5.18. The van der Waals surface area contributed by atoms with Gasteiger partial charge < -0.3 is 5.73 Å². The van der Waals surface area contributed by atoms with E-state index in [2.05, 4.69) is 54.8 Å². The van der Waals surface area contributed by atoms with E-state index in [1.165, 1.54) is 29.1 Å². The minimum absolute atomic E-state index is 0.186. The summed E-state index contributed by atoms with van der Waals surface area (Å²) in [6.45, 7) is 7.69. The lowest BCUT2D eigenvalue weighted by Gasteiger charge is -2.49. The van der Waals surface area contributed by atoms with Gasteiger partial charge in [-0.2, -0.15) is 11.8 Å². The Kier molecular flexibility index (Phi) is 3.40. The predicted molar refractivity (Wildman–Crippen MR) is 83.2 cm³/mol. The molecule has 3 heteroatoms. The summed E-state index contributed by atoms with van der Waals surface area (Å²) in [5.74, 6) is 2.44. The van der Waals surface area contributed by atoms with Crippen molar-refractivity contribution in [1.82, 2.24) is 4.90 Å². The van der Waals surface area contributed by atoms with Crippen LogP contribution in [-0.4, -0.2) is 28.5 Å². The van der Waals surface area contributed by atoms with Crippen LogP contribution in [0.4, 0.5) is 0 Å². The van der Waals surface area contributed by atoms with Crippen LogP contribution in [-0.2, 0) is 13.1 Å². The highest BCUT2D eigenvalue weighted by atomic mass is 32.2. The average Bonchev–Trinajstić information content (AvgIpc) is 2.81.